The number of alkyl carbamates (subject to hydrolysis) is 1. The van der Waals surface area contributed by atoms with E-state index in [1.807, 2.05) is 12.2 Å². The summed E-state index contributed by atoms with van der Waals surface area (Å²) >= 11 is 0. The molecule has 0 heterocycles. The molecular formula is C16H21NO6. The van der Waals surface area contributed by atoms with E-state index in [9.17, 15) is 14.4 Å². The summed E-state index contributed by atoms with van der Waals surface area (Å²) in [6.07, 6.45) is 0.961. The summed E-state index contributed by atoms with van der Waals surface area (Å²) in [7, 11) is 0. The van der Waals surface area contributed by atoms with Crippen LogP contribution in [0.15, 0.2) is 24.3 Å². The molecule has 0 aliphatic rings. The van der Waals surface area contributed by atoms with Gasteiger partial charge in [0.05, 0.1) is 18.8 Å². The van der Waals surface area contributed by atoms with Gasteiger partial charge in [0.1, 0.15) is 5.75 Å². The monoisotopic (exact) mass is 323 g/mol. The summed E-state index contributed by atoms with van der Waals surface area (Å²) in [5, 5.41) is 2.01. The minimum atomic E-state index is -0.814. The lowest BCUT2D eigenvalue weighted by Crippen LogP contribution is -2.34. The van der Waals surface area contributed by atoms with Gasteiger partial charge in [-0.05, 0) is 37.6 Å². The Morgan fingerprint density at radius 1 is 1.04 bits per heavy atom. The van der Waals surface area contributed by atoms with E-state index in [1.54, 1.807) is 31.2 Å². The molecule has 1 aromatic rings. The zero-order valence-corrected chi connectivity index (χ0v) is 13.3. The van der Waals surface area contributed by atoms with Crippen LogP contribution in [-0.4, -0.2) is 37.8 Å². The van der Waals surface area contributed by atoms with Crippen LogP contribution in [0.25, 0.3) is 0 Å². The van der Waals surface area contributed by atoms with Crippen molar-refractivity contribution in [3.8, 4) is 5.75 Å². The number of carbonyl (C=O) groups excluding carboxylic acids is 3. The Bertz CT molecular complexity index is 526. The van der Waals surface area contributed by atoms with Crippen LogP contribution in [0.1, 0.15) is 37.0 Å². The predicted molar refractivity (Wildman–Crippen MR) is 82.3 cm³/mol. The smallest absolute Gasteiger partial charge is 0.413 e. The number of hydrogen-bond acceptors (Lipinski definition) is 6. The molecule has 7 heteroatoms. The van der Waals surface area contributed by atoms with Gasteiger partial charge < -0.3 is 14.2 Å². The second-order valence-corrected chi connectivity index (χ2v) is 4.57. The molecule has 0 aliphatic heterocycles. The summed E-state index contributed by atoms with van der Waals surface area (Å²) in [4.78, 5) is 34.1. The van der Waals surface area contributed by atoms with Crippen molar-refractivity contribution in [2.75, 3.05) is 19.8 Å². The molecule has 0 spiro atoms. The minimum absolute atomic E-state index is 0.176. The molecule has 0 radical (unpaired) electrons. The molecule has 1 rings (SSSR count). The highest BCUT2D eigenvalue weighted by atomic mass is 16.6. The van der Waals surface area contributed by atoms with Crippen LogP contribution in [0, 0.1) is 0 Å². The van der Waals surface area contributed by atoms with Gasteiger partial charge in [-0.25, -0.2) is 9.59 Å². The molecule has 1 N–H and O–H groups in total. The second-order valence-electron chi connectivity index (χ2n) is 4.57. The van der Waals surface area contributed by atoms with Crippen molar-refractivity contribution in [2.45, 2.75) is 26.7 Å². The summed E-state index contributed by atoms with van der Waals surface area (Å²) in [6.45, 7) is 3.88. The number of ether oxygens (including phenoxy) is 3. The number of esters is 1. The van der Waals surface area contributed by atoms with Crippen molar-refractivity contribution < 1.29 is 28.6 Å². The number of benzene rings is 1. The van der Waals surface area contributed by atoms with E-state index in [1.165, 1.54) is 0 Å². The van der Waals surface area contributed by atoms with E-state index in [-0.39, 0.29) is 13.2 Å². The molecule has 0 saturated heterocycles. The Hall–Kier alpha value is -2.57. The van der Waals surface area contributed by atoms with Gasteiger partial charge in [-0.3, -0.25) is 10.1 Å². The molecule has 126 valence electrons. The lowest BCUT2D eigenvalue weighted by Gasteiger charge is -2.08. The molecule has 0 bridgehead atoms. The summed E-state index contributed by atoms with van der Waals surface area (Å²) in [6, 6.07) is 6.20. The Morgan fingerprint density at radius 3 is 2.35 bits per heavy atom. The molecule has 2 amide bonds. The van der Waals surface area contributed by atoms with Crippen LogP contribution in [0.4, 0.5) is 4.79 Å². The van der Waals surface area contributed by atoms with E-state index in [4.69, 9.17) is 9.47 Å². The van der Waals surface area contributed by atoms with Crippen LogP contribution in [0.3, 0.4) is 0 Å². The van der Waals surface area contributed by atoms with Gasteiger partial charge in [0.25, 0.3) is 5.91 Å². The first-order valence-electron chi connectivity index (χ1n) is 7.43. The summed E-state index contributed by atoms with van der Waals surface area (Å²) < 4.78 is 14.9. The molecule has 23 heavy (non-hydrogen) atoms. The highest BCUT2D eigenvalue weighted by Crippen LogP contribution is 2.13. The zero-order valence-electron chi connectivity index (χ0n) is 13.3. The standard InChI is InChI=1S/C16H21NO6/c1-3-5-10-22-15(19)12-6-8-13(9-7-12)23-11-14(18)17-16(20)21-4-2/h6-9H,3-5,10-11H2,1-2H3,(H,17,18,20). The van der Waals surface area contributed by atoms with E-state index < -0.39 is 18.0 Å². The van der Waals surface area contributed by atoms with Crippen molar-refractivity contribution in [3.05, 3.63) is 29.8 Å². The van der Waals surface area contributed by atoms with Crippen molar-refractivity contribution in [2.24, 2.45) is 0 Å². The SMILES string of the molecule is CCCCOC(=O)c1ccc(OCC(=O)NC(=O)OCC)cc1. The van der Waals surface area contributed by atoms with Crippen LogP contribution >= 0.6 is 0 Å². The van der Waals surface area contributed by atoms with Crippen molar-refractivity contribution in [1.82, 2.24) is 5.32 Å². The van der Waals surface area contributed by atoms with Gasteiger partial charge in [-0.2, -0.15) is 0 Å². The number of rotatable bonds is 8. The Kier molecular flexibility index (Phi) is 8.20. The third kappa shape index (κ3) is 7.30. The first-order valence-corrected chi connectivity index (χ1v) is 7.43. The number of unbranched alkanes of at least 4 members (excludes halogenated alkanes) is 1. The molecular weight excluding hydrogens is 302 g/mol. The first kappa shape index (κ1) is 18.5. The molecule has 0 atom stereocenters. The van der Waals surface area contributed by atoms with Crippen LogP contribution < -0.4 is 10.1 Å². The van der Waals surface area contributed by atoms with Crippen molar-refractivity contribution in [1.29, 1.82) is 0 Å². The van der Waals surface area contributed by atoms with Gasteiger partial charge >= 0.3 is 12.1 Å². The molecule has 0 unspecified atom stereocenters. The number of amides is 2. The average molecular weight is 323 g/mol. The number of hydrogen-bond donors (Lipinski definition) is 1. The third-order valence-corrected chi connectivity index (χ3v) is 2.71. The summed E-state index contributed by atoms with van der Waals surface area (Å²) in [5.41, 5.74) is 0.407. The zero-order chi connectivity index (χ0) is 17.1. The van der Waals surface area contributed by atoms with E-state index in [2.05, 4.69) is 4.74 Å². The van der Waals surface area contributed by atoms with Gasteiger partial charge in [0, 0.05) is 0 Å². The van der Waals surface area contributed by atoms with Crippen molar-refractivity contribution >= 4 is 18.0 Å². The van der Waals surface area contributed by atoms with Crippen LogP contribution in [0.5, 0.6) is 5.75 Å². The maximum atomic E-state index is 11.7. The highest BCUT2D eigenvalue weighted by Gasteiger charge is 2.10. The number of imide groups is 1. The Labute approximate surface area is 134 Å². The fraction of sp³-hybridized carbons (Fsp3) is 0.438. The van der Waals surface area contributed by atoms with E-state index >= 15 is 0 Å². The van der Waals surface area contributed by atoms with E-state index in [0.717, 1.165) is 12.8 Å². The fourth-order valence-corrected chi connectivity index (χ4v) is 1.55. The maximum absolute atomic E-state index is 11.7. The fourth-order valence-electron chi connectivity index (χ4n) is 1.55. The van der Waals surface area contributed by atoms with Gasteiger partial charge in [-0.15, -0.1) is 0 Å². The molecule has 0 fully saturated rings. The highest BCUT2D eigenvalue weighted by molar-refractivity contribution is 5.92. The largest absolute Gasteiger partial charge is 0.484 e. The van der Waals surface area contributed by atoms with Gasteiger partial charge in [-0.1, -0.05) is 13.3 Å². The predicted octanol–water partition coefficient (Wildman–Crippen LogP) is 2.29. The quantitative estimate of drug-likeness (QED) is 0.583. The molecule has 0 saturated carbocycles. The molecule has 0 aromatic heterocycles. The minimum Gasteiger partial charge on any atom is -0.484 e. The Balaban J connectivity index is 2.40. The maximum Gasteiger partial charge on any atom is 0.413 e. The van der Waals surface area contributed by atoms with Crippen molar-refractivity contribution in [3.63, 3.8) is 0 Å². The number of nitrogens with one attached hydrogen (secondary N) is 1. The van der Waals surface area contributed by atoms with Crippen LogP contribution in [0.2, 0.25) is 0 Å². The average Bonchev–Trinajstić information content (AvgIpc) is 2.53. The van der Waals surface area contributed by atoms with Gasteiger partial charge in [0.2, 0.25) is 0 Å². The van der Waals surface area contributed by atoms with Gasteiger partial charge in [0.15, 0.2) is 6.61 Å². The first-order chi connectivity index (χ1) is 11.1. The molecule has 7 nitrogen and oxygen atoms in total. The van der Waals surface area contributed by atoms with E-state index in [0.29, 0.717) is 17.9 Å². The summed E-state index contributed by atoms with van der Waals surface area (Å²) in [5.74, 6) is -0.620. The topological polar surface area (TPSA) is 90.9 Å². The third-order valence-electron chi connectivity index (χ3n) is 2.71. The Morgan fingerprint density at radius 2 is 1.74 bits per heavy atom. The van der Waals surface area contributed by atoms with Crippen LogP contribution in [-0.2, 0) is 14.3 Å². The number of carbonyl (C=O) groups is 3. The lowest BCUT2D eigenvalue weighted by atomic mass is 10.2. The molecule has 0 aliphatic carbocycles. The normalized spacial score (nSPS) is 9.83. The molecule has 1 aromatic carbocycles. The second kappa shape index (κ2) is 10.2. The lowest BCUT2D eigenvalue weighted by molar-refractivity contribution is -0.122.